The number of hydrogen-bond acceptors (Lipinski definition) is 3. The minimum absolute atomic E-state index is 0.129. The number of hydrogen-bond donors (Lipinski definition) is 1. The highest BCUT2D eigenvalue weighted by Crippen LogP contribution is 2.34. The van der Waals surface area contributed by atoms with Crippen LogP contribution in [0.5, 0.6) is 5.75 Å². The molecule has 0 saturated carbocycles. The van der Waals surface area contributed by atoms with Crippen molar-refractivity contribution in [3.8, 4) is 5.75 Å². The third-order valence-electron chi connectivity index (χ3n) is 4.10. The lowest BCUT2D eigenvalue weighted by molar-refractivity contribution is -0.137. The molecule has 4 nitrogen and oxygen atoms in total. The van der Waals surface area contributed by atoms with E-state index >= 15 is 0 Å². The zero-order valence-electron chi connectivity index (χ0n) is 16.2. The summed E-state index contributed by atoms with van der Waals surface area (Å²) in [4.78, 5) is 12.1. The average molecular weight is 550 g/mol. The standard InChI is InChI=1S/C21H21Br2F3N2O2/c1-2-3-4-5-9-30-19-17(22)10-14(11-18(19)23)13-27-28-20(29)15-7-6-8-16(12-15)21(24,25)26/h6-8,10-13H,2-5,9H2,1H3,(H,28,29)/b27-13+. The number of carbonyl (C=O) groups excluding carboxylic acids is 1. The Hall–Kier alpha value is -1.87. The monoisotopic (exact) mass is 548 g/mol. The average Bonchev–Trinajstić information content (AvgIpc) is 2.69. The molecule has 9 heteroatoms. The molecular weight excluding hydrogens is 529 g/mol. The van der Waals surface area contributed by atoms with Gasteiger partial charge in [0.05, 0.1) is 27.3 Å². The summed E-state index contributed by atoms with van der Waals surface area (Å²) in [6, 6.07) is 7.70. The Morgan fingerprint density at radius 1 is 1.13 bits per heavy atom. The largest absolute Gasteiger partial charge is 0.491 e. The third kappa shape index (κ3) is 7.43. The smallest absolute Gasteiger partial charge is 0.416 e. The highest BCUT2D eigenvalue weighted by Gasteiger charge is 2.30. The fourth-order valence-corrected chi connectivity index (χ4v) is 4.01. The van der Waals surface area contributed by atoms with Crippen molar-refractivity contribution >= 4 is 44.0 Å². The van der Waals surface area contributed by atoms with Crippen molar-refractivity contribution in [1.82, 2.24) is 5.43 Å². The number of halogens is 5. The molecule has 0 atom stereocenters. The van der Waals surface area contributed by atoms with Crippen LogP contribution in [-0.2, 0) is 6.18 Å². The number of unbranched alkanes of at least 4 members (excludes halogenated alkanes) is 3. The van der Waals surface area contributed by atoms with Crippen molar-refractivity contribution < 1.29 is 22.7 Å². The summed E-state index contributed by atoms with van der Waals surface area (Å²) in [5.74, 6) is -0.0563. The van der Waals surface area contributed by atoms with Crippen molar-refractivity contribution in [3.63, 3.8) is 0 Å². The number of nitrogens with zero attached hydrogens (tertiary/aromatic N) is 1. The number of alkyl halides is 3. The highest BCUT2D eigenvalue weighted by molar-refractivity contribution is 9.11. The maximum Gasteiger partial charge on any atom is 0.416 e. The molecule has 0 heterocycles. The predicted molar refractivity (Wildman–Crippen MR) is 118 cm³/mol. The number of hydrazone groups is 1. The van der Waals surface area contributed by atoms with Crippen molar-refractivity contribution in [1.29, 1.82) is 0 Å². The quantitative estimate of drug-likeness (QED) is 0.209. The lowest BCUT2D eigenvalue weighted by atomic mass is 10.1. The Labute approximate surface area is 190 Å². The summed E-state index contributed by atoms with van der Waals surface area (Å²) >= 11 is 6.91. The van der Waals surface area contributed by atoms with Gasteiger partial charge in [-0.15, -0.1) is 0 Å². The van der Waals surface area contributed by atoms with Gasteiger partial charge < -0.3 is 4.74 Å². The van der Waals surface area contributed by atoms with Crippen LogP contribution in [0.4, 0.5) is 13.2 Å². The molecule has 0 unspecified atom stereocenters. The van der Waals surface area contributed by atoms with Gasteiger partial charge in [0.2, 0.25) is 0 Å². The summed E-state index contributed by atoms with van der Waals surface area (Å²) in [6.07, 6.45) is 1.29. The maximum absolute atomic E-state index is 12.8. The first-order valence-electron chi connectivity index (χ1n) is 9.35. The van der Waals surface area contributed by atoms with Crippen molar-refractivity contribution in [3.05, 3.63) is 62.0 Å². The number of nitrogens with one attached hydrogen (secondary N) is 1. The van der Waals surface area contributed by atoms with Crippen LogP contribution in [0.1, 0.15) is 54.1 Å². The first-order chi connectivity index (χ1) is 14.2. The Morgan fingerprint density at radius 3 is 2.47 bits per heavy atom. The summed E-state index contributed by atoms with van der Waals surface area (Å²) in [5, 5.41) is 3.83. The second-order valence-corrected chi connectivity index (χ2v) is 8.21. The van der Waals surface area contributed by atoms with E-state index in [9.17, 15) is 18.0 Å². The van der Waals surface area contributed by atoms with E-state index in [4.69, 9.17) is 4.74 Å². The Morgan fingerprint density at radius 2 is 1.83 bits per heavy atom. The van der Waals surface area contributed by atoms with E-state index in [-0.39, 0.29) is 5.56 Å². The highest BCUT2D eigenvalue weighted by atomic mass is 79.9. The number of amides is 1. The summed E-state index contributed by atoms with van der Waals surface area (Å²) in [5.41, 5.74) is 1.88. The van der Waals surface area contributed by atoms with Gasteiger partial charge in [-0.25, -0.2) is 5.43 Å². The van der Waals surface area contributed by atoms with E-state index < -0.39 is 17.6 Å². The molecule has 2 aromatic carbocycles. The van der Waals surface area contributed by atoms with Gasteiger partial charge in [-0.05, 0) is 74.2 Å². The van der Waals surface area contributed by atoms with Crippen molar-refractivity contribution in [2.75, 3.05) is 6.61 Å². The van der Waals surface area contributed by atoms with Crippen LogP contribution < -0.4 is 10.2 Å². The van der Waals surface area contributed by atoms with E-state index in [2.05, 4.69) is 49.3 Å². The van der Waals surface area contributed by atoms with Crippen LogP contribution in [0.2, 0.25) is 0 Å². The minimum atomic E-state index is -4.52. The predicted octanol–water partition coefficient (Wildman–Crippen LogP) is 6.95. The molecule has 1 amide bonds. The van der Waals surface area contributed by atoms with E-state index in [1.165, 1.54) is 24.8 Å². The minimum Gasteiger partial charge on any atom is -0.491 e. The molecule has 0 spiro atoms. The molecule has 30 heavy (non-hydrogen) atoms. The lowest BCUT2D eigenvalue weighted by Gasteiger charge is -2.11. The molecule has 2 aromatic rings. The number of rotatable bonds is 9. The SMILES string of the molecule is CCCCCCOc1c(Br)cc(/C=N/NC(=O)c2cccc(C(F)(F)F)c2)cc1Br. The van der Waals surface area contributed by atoms with Gasteiger partial charge in [0.1, 0.15) is 5.75 Å². The third-order valence-corrected chi connectivity index (χ3v) is 5.27. The zero-order valence-corrected chi connectivity index (χ0v) is 19.4. The molecule has 0 saturated heterocycles. The second kappa shape index (κ2) is 11.5. The van der Waals surface area contributed by atoms with Gasteiger partial charge in [-0.2, -0.15) is 18.3 Å². The van der Waals surface area contributed by atoms with Gasteiger partial charge in [-0.3, -0.25) is 4.79 Å². The van der Waals surface area contributed by atoms with Crippen LogP contribution in [0.25, 0.3) is 0 Å². The molecule has 0 aliphatic carbocycles. The van der Waals surface area contributed by atoms with E-state index in [1.807, 2.05) is 0 Å². The van der Waals surface area contributed by atoms with Crippen molar-refractivity contribution in [2.45, 2.75) is 38.8 Å². The number of carbonyl (C=O) groups is 1. The molecule has 0 fully saturated rings. The molecule has 1 N–H and O–H groups in total. The zero-order chi connectivity index (χ0) is 22.1. The Kier molecular flexibility index (Phi) is 9.36. The van der Waals surface area contributed by atoms with Gasteiger partial charge in [0.15, 0.2) is 0 Å². The molecule has 0 aliphatic heterocycles. The summed E-state index contributed by atoms with van der Waals surface area (Å²) < 4.78 is 45.5. The van der Waals surface area contributed by atoms with Gasteiger partial charge in [-0.1, -0.05) is 32.3 Å². The van der Waals surface area contributed by atoms with E-state index in [0.29, 0.717) is 17.9 Å². The molecule has 0 radical (unpaired) electrons. The van der Waals surface area contributed by atoms with Gasteiger partial charge in [0, 0.05) is 5.56 Å². The molecule has 2 rings (SSSR count). The summed E-state index contributed by atoms with van der Waals surface area (Å²) in [7, 11) is 0. The molecule has 0 aromatic heterocycles. The fourth-order valence-electron chi connectivity index (χ4n) is 2.56. The first kappa shape index (κ1) is 24.4. The number of benzene rings is 2. The van der Waals surface area contributed by atoms with Gasteiger partial charge in [0.25, 0.3) is 5.91 Å². The van der Waals surface area contributed by atoms with E-state index in [0.717, 1.165) is 40.3 Å². The van der Waals surface area contributed by atoms with Crippen LogP contribution in [0, 0.1) is 0 Å². The van der Waals surface area contributed by atoms with E-state index in [1.54, 1.807) is 12.1 Å². The topological polar surface area (TPSA) is 50.7 Å². The molecular formula is C21H21Br2F3N2O2. The maximum atomic E-state index is 12.8. The Bertz CT molecular complexity index is 879. The van der Waals surface area contributed by atoms with Crippen molar-refractivity contribution in [2.24, 2.45) is 5.10 Å². The van der Waals surface area contributed by atoms with Gasteiger partial charge >= 0.3 is 6.18 Å². The van der Waals surface area contributed by atoms with Crippen LogP contribution in [-0.4, -0.2) is 18.7 Å². The molecule has 0 bridgehead atoms. The second-order valence-electron chi connectivity index (χ2n) is 6.50. The normalized spacial score (nSPS) is 11.7. The molecule has 162 valence electrons. The van der Waals surface area contributed by atoms with Crippen LogP contribution in [0.3, 0.4) is 0 Å². The molecule has 0 aliphatic rings. The fraction of sp³-hybridized carbons (Fsp3) is 0.333. The lowest BCUT2D eigenvalue weighted by Crippen LogP contribution is -2.18. The first-order valence-corrected chi connectivity index (χ1v) is 10.9. The Balaban J connectivity index is 1.98. The number of ether oxygens (including phenoxy) is 1. The van der Waals surface area contributed by atoms with Crippen LogP contribution in [0.15, 0.2) is 50.4 Å². The van der Waals surface area contributed by atoms with Crippen LogP contribution >= 0.6 is 31.9 Å². The summed E-state index contributed by atoms with van der Waals surface area (Å²) in [6.45, 7) is 2.76.